The van der Waals surface area contributed by atoms with E-state index in [1.165, 1.54) is 12.5 Å². The van der Waals surface area contributed by atoms with Crippen LogP contribution in [0.4, 0.5) is 0 Å². The molecule has 1 atom stereocenters. The van der Waals surface area contributed by atoms with Crippen molar-refractivity contribution in [3.05, 3.63) is 42.0 Å². The number of fused-ring (bicyclic) bond motifs is 1. The van der Waals surface area contributed by atoms with Crippen LogP contribution in [0.25, 0.3) is 0 Å². The third-order valence-corrected chi connectivity index (χ3v) is 6.17. The van der Waals surface area contributed by atoms with Gasteiger partial charge in [-0.2, -0.15) is 0 Å². The number of piperidine rings is 1. The van der Waals surface area contributed by atoms with Crippen molar-refractivity contribution in [2.24, 2.45) is 0 Å². The molecule has 0 aliphatic carbocycles. The topological polar surface area (TPSA) is 98.7 Å². The molecule has 2 aliphatic rings. The Bertz CT molecular complexity index is 1010. The Balaban J connectivity index is 1.49. The Kier molecular flexibility index (Phi) is 4.92. The van der Waals surface area contributed by atoms with E-state index >= 15 is 0 Å². The molecule has 2 aromatic rings. The van der Waals surface area contributed by atoms with Gasteiger partial charge in [-0.1, -0.05) is 6.07 Å². The summed E-state index contributed by atoms with van der Waals surface area (Å²) in [6.45, 7) is 1.30. The standard InChI is InChI=1S/C19H21N3O5S/c1-28(24,25)17-9-20-11-21-19(17)14-3-2-6-22(10-14)18(23)8-13-4-5-15-16(7-13)27-12-26-15/h4-5,7,9,11,14H,2-3,6,8,10,12H2,1H3/t14-/m0/s1. The molecule has 1 aromatic carbocycles. The molecule has 1 saturated heterocycles. The lowest BCUT2D eigenvalue weighted by atomic mass is 9.94. The van der Waals surface area contributed by atoms with Gasteiger partial charge in [0.2, 0.25) is 12.7 Å². The van der Waals surface area contributed by atoms with Crippen molar-refractivity contribution in [1.29, 1.82) is 0 Å². The summed E-state index contributed by atoms with van der Waals surface area (Å²) in [7, 11) is -3.43. The van der Waals surface area contributed by atoms with E-state index in [2.05, 4.69) is 9.97 Å². The lowest BCUT2D eigenvalue weighted by Gasteiger charge is -2.33. The van der Waals surface area contributed by atoms with E-state index in [0.29, 0.717) is 30.3 Å². The summed E-state index contributed by atoms with van der Waals surface area (Å²) in [5.41, 5.74) is 1.35. The lowest BCUT2D eigenvalue weighted by Crippen LogP contribution is -2.40. The minimum atomic E-state index is -3.43. The maximum absolute atomic E-state index is 12.8. The van der Waals surface area contributed by atoms with E-state index in [1.54, 1.807) is 4.90 Å². The zero-order valence-corrected chi connectivity index (χ0v) is 16.3. The van der Waals surface area contributed by atoms with Crippen molar-refractivity contribution in [3.63, 3.8) is 0 Å². The van der Waals surface area contributed by atoms with Gasteiger partial charge in [-0.25, -0.2) is 18.4 Å². The molecule has 1 aromatic heterocycles. The highest BCUT2D eigenvalue weighted by Gasteiger charge is 2.29. The molecule has 0 saturated carbocycles. The average Bonchev–Trinajstić information content (AvgIpc) is 3.15. The Hall–Kier alpha value is -2.68. The highest BCUT2D eigenvalue weighted by molar-refractivity contribution is 7.90. The van der Waals surface area contributed by atoms with Gasteiger partial charge in [-0.05, 0) is 30.5 Å². The predicted octanol–water partition coefficient (Wildman–Crippen LogP) is 1.56. The molecule has 2 aliphatic heterocycles. The summed E-state index contributed by atoms with van der Waals surface area (Å²) in [5.74, 6) is 1.22. The first-order chi connectivity index (χ1) is 13.4. The molecule has 4 rings (SSSR count). The van der Waals surface area contributed by atoms with Crippen LogP contribution in [0.3, 0.4) is 0 Å². The summed E-state index contributed by atoms with van der Waals surface area (Å²) in [4.78, 5) is 22.8. The van der Waals surface area contributed by atoms with Gasteiger partial charge in [0.15, 0.2) is 21.3 Å². The van der Waals surface area contributed by atoms with E-state index in [-0.39, 0.29) is 29.9 Å². The van der Waals surface area contributed by atoms with Crippen LogP contribution in [0.2, 0.25) is 0 Å². The SMILES string of the molecule is CS(=O)(=O)c1cncnc1[C@H]1CCCN(C(=O)Cc2ccc3c(c2)OCO3)C1. The van der Waals surface area contributed by atoms with Crippen LogP contribution in [0.15, 0.2) is 35.6 Å². The Morgan fingerprint density at radius 2 is 2.11 bits per heavy atom. The van der Waals surface area contributed by atoms with Crippen LogP contribution in [-0.4, -0.2) is 55.3 Å². The van der Waals surface area contributed by atoms with Gasteiger partial charge in [0.1, 0.15) is 11.2 Å². The number of hydrogen-bond donors (Lipinski definition) is 0. The number of aromatic nitrogens is 2. The molecule has 1 fully saturated rings. The van der Waals surface area contributed by atoms with E-state index in [0.717, 1.165) is 24.7 Å². The van der Waals surface area contributed by atoms with Gasteiger partial charge in [0.25, 0.3) is 0 Å². The molecular weight excluding hydrogens is 382 g/mol. The van der Waals surface area contributed by atoms with Crippen LogP contribution in [0, 0.1) is 0 Å². The predicted molar refractivity (Wildman–Crippen MR) is 100.0 cm³/mol. The van der Waals surface area contributed by atoms with Gasteiger partial charge in [-0.3, -0.25) is 4.79 Å². The molecule has 148 valence electrons. The first kappa shape index (κ1) is 18.7. The molecular formula is C19H21N3O5S. The first-order valence-electron chi connectivity index (χ1n) is 9.08. The van der Waals surface area contributed by atoms with Crippen molar-refractivity contribution in [3.8, 4) is 11.5 Å². The zero-order valence-electron chi connectivity index (χ0n) is 15.5. The second-order valence-corrected chi connectivity index (χ2v) is 9.07. The summed E-state index contributed by atoms with van der Waals surface area (Å²) in [6.07, 6.45) is 5.69. The number of ether oxygens (including phenoxy) is 2. The van der Waals surface area contributed by atoms with Crippen LogP contribution in [0.5, 0.6) is 11.5 Å². The Labute approximate surface area is 163 Å². The third kappa shape index (κ3) is 3.80. The summed E-state index contributed by atoms with van der Waals surface area (Å²) >= 11 is 0. The lowest BCUT2D eigenvalue weighted by molar-refractivity contribution is -0.131. The van der Waals surface area contributed by atoms with E-state index in [4.69, 9.17) is 9.47 Å². The van der Waals surface area contributed by atoms with Crippen LogP contribution >= 0.6 is 0 Å². The Morgan fingerprint density at radius 1 is 1.29 bits per heavy atom. The van der Waals surface area contributed by atoms with Crippen molar-refractivity contribution in [2.45, 2.75) is 30.1 Å². The van der Waals surface area contributed by atoms with Gasteiger partial charge in [0, 0.05) is 31.5 Å². The number of rotatable bonds is 4. The highest BCUT2D eigenvalue weighted by atomic mass is 32.2. The second kappa shape index (κ2) is 7.38. The fraction of sp³-hybridized carbons (Fsp3) is 0.421. The zero-order chi connectivity index (χ0) is 19.7. The van der Waals surface area contributed by atoms with Crippen LogP contribution in [0.1, 0.15) is 30.0 Å². The molecule has 0 unspecified atom stereocenters. The van der Waals surface area contributed by atoms with Gasteiger partial charge >= 0.3 is 0 Å². The number of likely N-dealkylation sites (tertiary alicyclic amines) is 1. The van der Waals surface area contributed by atoms with E-state index in [9.17, 15) is 13.2 Å². The molecule has 0 N–H and O–H groups in total. The number of sulfone groups is 1. The largest absolute Gasteiger partial charge is 0.454 e. The number of nitrogens with zero attached hydrogens (tertiary/aromatic N) is 3. The second-order valence-electron chi connectivity index (χ2n) is 7.09. The number of amides is 1. The fourth-order valence-corrected chi connectivity index (χ4v) is 4.53. The number of carbonyl (C=O) groups is 1. The third-order valence-electron chi connectivity index (χ3n) is 5.06. The molecule has 0 spiro atoms. The highest BCUT2D eigenvalue weighted by Crippen LogP contribution is 2.33. The summed E-state index contributed by atoms with van der Waals surface area (Å²) in [6, 6.07) is 5.50. The first-order valence-corrected chi connectivity index (χ1v) is 11.0. The van der Waals surface area contributed by atoms with Crippen molar-refractivity contribution >= 4 is 15.7 Å². The minimum Gasteiger partial charge on any atom is -0.454 e. The molecule has 3 heterocycles. The smallest absolute Gasteiger partial charge is 0.231 e. The van der Waals surface area contributed by atoms with Crippen molar-refractivity contribution in [1.82, 2.24) is 14.9 Å². The average molecular weight is 403 g/mol. The fourth-order valence-electron chi connectivity index (χ4n) is 3.68. The van der Waals surface area contributed by atoms with Crippen molar-refractivity contribution in [2.75, 3.05) is 26.1 Å². The molecule has 0 bridgehead atoms. The monoisotopic (exact) mass is 403 g/mol. The summed E-state index contributed by atoms with van der Waals surface area (Å²) < 4.78 is 34.8. The van der Waals surface area contributed by atoms with Crippen molar-refractivity contribution < 1.29 is 22.7 Å². The maximum atomic E-state index is 12.8. The van der Waals surface area contributed by atoms with Crippen LogP contribution in [-0.2, 0) is 21.1 Å². The molecule has 28 heavy (non-hydrogen) atoms. The molecule has 0 radical (unpaired) electrons. The Morgan fingerprint density at radius 3 is 2.93 bits per heavy atom. The number of hydrogen-bond acceptors (Lipinski definition) is 7. The van der Waals surface area contributed by atoms with Crippen LogP contribution < -0.4 is 9.47 Å². The van der Waals surface area contributed by atoms with Gasteiger partial charge < -0.3 is 14.4 Å². The summed E-state index contributed by atoms with van der Waals surface area (Å²) in [5, 5.41) is 0. The molecule has 8 nitrogen and oxygen atoms in total. The molecule has 9 heteroatoms. The normalized spacial score (nSPS) is 18.9. The quantitative estimate of drug-likeness (QED) is 0.764. The van der Waals surface area contributed by atoms with E-state index < -0.39 is 9.84 Å². The maximum Gasteiger partial charge on any atom is 0.231 e. The minimum absolute atomic E-state index is 0.00136. The van der Waals surface area contributed by atoms with Gasteiger partial charge in [0.05, 0.1) is 12.1 Å². The van der Waals surface area contributed by atoms with Gasteiger partial charge in [-0.15, -0.1) is 0 Å². The molecule has 1 amide bonds. The van der Waals surface area contributed by atoms with E-state index in [1.807, 2.05) is 18.2 Å². The number of carbonyl (C=O) groups excluding carboxylic acids is 1. The number of benzene rings is 1.